The molecule has 0 saturated carbocycles. The van der Waals surface area contributed by atoms with Gasteiger partial charge < -0.3 is 5.32 Å². The number of rotatable bonds is 5. The molecule has 0 aliphatic heterocycles. The highest BCUT2D eigenvalue weighted by atomic mass is 127. The Bertz CT molecular complexity index is 645. The molecule has 20 heavy (non-hydrogen) atoms. The van der Waals surface area contributed by atoms with E-state index in [0.29, 0.717) is 24.2 Å². The Morgan fingerprint density at radius 3 is 3.05 bits per heavy atom. The van der Waals surface area contributed by atoms with E-state index in [-0.39, 0.29) is 5.91 Å². The molecule has 0 saturated heterocycles. The van der Waals surface area contributed by atoms with Crippen LogP contribution >= 0.6 is 22.6 Å². The number of nitrogens with one attached hydrogen (secondary N) is 1. The fraction of sp³-hybridized carbons (Fsp3) is 0.214. The fourth-order valence-electron chi connectivity index (χ4n) is 1.75. The van der Waals surface area contributed by atoms with Gasteiger partial charge in [0.2, 0.25) is 5.91 Å². The standard InChI is InChI=1S/C14H13IN4O/c15-12-9-17-19(10-12)6-2-5-14(20)18-13-4-1-3-11(7-13)8-16/h1,3-4,7,9-10H,2,5-6H2,(H,18,20). The Morgan fingerprint density at radius 1 is 1.50 bits per heavy atom. The third-order valence-corrected chi connectivity index (χ3v) is 3.23. The molecule has 1 amide bonds. The number of aryl methyl sites for hydroxylation is 1. The highest BCUT2D eigenvalue weighted by molar-refractivity contribution is 14.1. The summed E-state index contributed by atoms with van der Waals surface area (Å²) >= 11 is 2.20. The van der Waals surface area contributed by atoms with Crippen molar-refractivity contribution in [3.8, 4) is 6.07 Å². The molecule has 1 heterocycles. The lowest BCUT2D eigenvalue weighted by molar-refractivity contribution is -0.116. The molecule has 0 bridgehead atoms. The normalized spacial score (nSPS) is 10.0. The number of anilines is 1. The monoisotopic (exact) mass is 380 g/mol. The summed E-state index contributed by atoms with van der Waals surface area (Å²) in [5, 5.41) is 15.7. The van der Waals surface area contributed by atoms with Crippen molar-refractivity contribution < 1.29 is 4.79 Å². The fourth-order valence-corrected chi connectivity index (χ4v) is 2.20. The zero-order valence-corrected chi connectivity index (χ0v) is 12.9. The van der Waals surface area contributed by atoms with Crippen LogP contribution in [0.15, 0.2) is 36.7 Å². The van der Waals surface area contributed by atoms with Gasteiger partial charge in [0.05, 0.1) is 21.4 Å². The van der Waals surface area contributed by atoms with Crippen LogP contribution in [0.3, 0.4) is 0 Å². The van der Waals surface area contributed by atoms with E-state index in [1.807, 2.05) is 16.9 Å². The van der Waals surface area contributed by atoms with E-state index in [1.54, 1.807) is 30.5 Å². The van der Waals surface area contributed by atoms with E-state index in [9.17, 15) is 4.79 Å². The number of nitrogens with zero attached hydrogens (tertiary/aromatic N) is 3. The Kier molecular flexibility index (Phi) is 5.12. The van der Waals surface area contributed by atoms with Gasteiger partial charge in [-0.15, -0.1) is 0 Å². The molecule has 6 heteroatoms. The number of aromatic nitrogens is 2. The van der Waals surface area contributed by atoms with Gasteiger partial charge in [-0.2, -0.15) is 10.4 Å². The third-order valence-electron chi connectivity index (χ3n) is 2.67. The van der Waals surface area contributed by atoms with Gasteiger partial charge in [0.15, 0.2) is 0 Å². The number of hydrogen-bond acceptors (Lipinski definition) is 3. The lowest BCUT2D eigenvalue weighted by Crippen LogP contribution is -2.12. The summed E-state index contributed by atoms with van der Waals surface area (Å²) in [5.41, 5.74) is 1.19. The second-order valence-electron chi connectivity index (χ2n) is 4.27. The van der Waals surface area contributed by atoms with Crippen LogP contribution in [0.5, 0.6) is 0 Å². The molecule has 2 rings (SSSR count). The lowest BCUT2D eigenvalue weighted by Gasteiger charge is -2.05. The highest BCUT2D eigenvalue weighted by Crippen LogP contribution is 2.10. The number of carbonyl (C=O) groups is 1. The van der Waals surface area contributed by atoms with Crippen molar-refractivity contribution in [3.63, 3.8) is 0 Å². The van der Waals surface area contributed by atoms with Crippen molar-refractivity contribution in [1.82, 2.24) is 9.78 Å². The van der Waals surface area contributed by atoms with Gasteiger partial charge in [-0.1, -0.05) is 6.07 Å². The van der Waals surface area contributed by atoms with Crippen LogP contribution < -0.4 is 5.32 Å². The smallest absolute Gasteiger partial charge is 0.224 e. The minimum Gasteiger partial charge on any atom is -0.326 e. The Morgan fingerprint density at radius 2 is 2.35 bits per heavy atom. The molecular formula is C14H13IN4O. The SMILES string of the molecule is N#Cc1cccc(NC(=O)CCCn2cc(I)cn2)c1. The number of halogens is 1. The minimum atomic E-state index is -0.0538. The van der Waals surface area contributed by atoms with E-state index in [2.05, 4.69) is 33.0 Å². The molecule has 1 N–H and O–H groups in total. The summed E-state index contributed by atoms with van der Waals surface area (Å²) < 4.78 is 2.91. The van der Waals surface area contributed by atoms with Crippen molar-refractivity contribution in [2.45, 2.75) is 19.4 Å². The van der Waals surface area contributed by atoms with Gasteiger partial charge in [0.25, 0.3) is 0 Å². The summed E-state index contributed by atoms with van der Waals surface area (Å²) in [5.74, 6) is -0.0538. The molecular weight excluding hydrogens is 367 g/mol. The number of nitriles is 1. The Labute approximate surface area is 130 Å². The molecule has 102 valence electrons. The zero-order valence-electron chi connectivity index (χ0n) is 10.7. The van der Waals surface area contributed by atoms with Crippen molar-refractivity contribution in [2.75, 3.05) is 5.32 Å². The van der Waals surface area contributed by atoms with E-state index < -0.39 is 0 Å². The molecule has 0 atom stereocenters. The predicted molar refractivity (Wildman–Crippen MR) is 84.0 cm³/mol. The Balaban J connectivity index is 1.79. The first-order valence-electron chi connectivity index (χ1n) is 6.15. The maximum atomic E-state index is 11.8. The van der Waals surface area contributed by atoms with Crippen molar-refractivity contribution in [2.24, 2.45) is 0 Å². The van der Waals surface area contributed by atoms with Gasteiger partial charge in [0.1, 0.15) is 0 Å². The second kappa shape index (κ2) is 7.05. The quantitative estimate of drug-likeness (QED) is 0.811. The first-order chi connectivity index (χ1) is 9.67. The molecule has 0 aliphatic rings. The topological polar surface area (TPSA) is 70.7 Å². The molecule has 1 aromatic heterocycles. The first-order valence-corrected chi connectivity index (χ1v) is 7.23. The van der Waals surface area contributed by atoms with Crippen LogP contribution in [0, 0.1) is 14.9 Å². The van der Waals surface area contributed by atoms with Gasteiger partial charge in [-0.25, -0.2) is 0 Å². The third kappa shape index (κ3) is 4.35. The minimum absolute atomic E-state index is 0.0538. The molecule has 1 aromatic carbocycles. The molecule has 0 fully saturated rings. The lowest BCUT2D eigenvalue weighted by atomic mass is 10.2. The summed E-state index contributed by atoms with van der Waals surface area (Å²) in [7, 11) is 0. The molecule has 0 unspecified atom stereocenters. The number of benzene rings is 1. The molecule has 5 nitrogen and oxygen atoms in total. The predicted octanol–water partition coefficient (Wildman–Crippen LogP) is 2.78. The number of amides is 1. The van der Waals surface area contributed by atoms with Crippen LogP contribution in [0.4, 0.5) is 5.69 Å². The number of hydrogen-bond donors (Lipinski definition) is 1. The van der Waals surface area contributed by atoms with E-state index in [4.69, 9.17) is 5.26 Å². The van der Waals surface area contributed by atoms with Crippen LogP contribution in [-0.2, 0) is 11.3 Å². The van der Waals surface area contributed by atoms with Crippen molar-refractivity contribution in [3.05, 3.63) is 45.8 Å². The maximum Gasteiger partial charge on any atom is 0.224 e. The van der Waals surface area contributed by atoms with Crippen LogP contribution in [-0.4, -0.2) is 15.7 Å². The number of carbonyl (C=O) groups excluding carboxylic acids is 1. The molecule has 2 aromatic rings. The summed E-state index contributed by atoms with van der Waals surface area (Å²) in [4.78, 5) is 11.8. The second-order valence-corrected chi connectivity index (χ2v) is 5.51. The Hall–Kier alpha value is -1.88. The van der Waals surface area contributed by atoms with E-state index in [0.717, 1.165) is 9.99 Å². The summed E-state index contributed by atoms with van der Waals surface area (Å²) in [6, 6.07) is 8.93. The molecule has 0 aliphatic carbocycles. The average molecular weight is 380 g/mol. The van der Waals surface area contributed by atoms with Crippen LogP contribution in [0.2, 0.25) is 0 Å². The van der Waals surface area contributed by atoms with Crippen molar-refractivity contribution in [1.29, 1.82) is 5.26 Å². The molecule has 0 spiro atoms. The van der Waals surface area contributed by atoms with Crippen LogP contribution in [0.1, 0.15) is 18.4 Å². The van der Waals surface area contributed by atoms with Gasteiger partial charge in [-0.3, -0.25) is 9.48 Å². The summed E-state index contributed by atoms with van der Waals surface area (Å²) in [6.45, 7) is 0.717. The van der Waals surface area contributed by atoms with E-state index >= 15 is 0 Å². The van der Waals surface area contributed by atoms with Crippen molar-refractivity contribution >= 4 is 34.2 Å². The maximum absolute atomic E-state index is 11.8. The van der Waals surface area contributed by atoms with Gasteiger partial charge >= 0.3 is 0 Å². The highest BCUT2D eigenvalue weighted by Gasteiger charge is 2.03. The van der Waals surface area contributed by atoms with Crippen LogP contribution in [0.25, 0.3) is 0 Å². The van der Waals surface area contributed by atoms with Gasteiger partial charge in [0, 0.05) is 24.8 Å². The average Bonchev–Trinajstić information content (AvgIpc) is 2.84. The van der Waals surface area contributed by atoms with Gasteiger partial charge in [-0.05, 0) is 47.2 Å². The zero-order chi connectivity index (χ0) is 14.4. The van der Waals surface area contributed by atoms with E-state index in [1.165, 1.54) is 0 Å². The molecule has 0 radical (unpaired) electrons. The largest absolute Gasteiger partial charge is 0.326 e. The first kappa shape index (κ1) is 14.5. The summed E-state index contributed by atoms with van der Waals surface area (Å²) in [6.07, 6.45) is 4.87.